The molecule has 1 fully saturated rings. The molecule has 7 nitrogen and oxygen atoms in total. The maximum Gasteiger partial charge on any atom is 0.314 e. The number of aromatic nitrogens is 1. The maximum atomic E-state index is 13.8. The Morgan fingerprint density at radius 1 is 1.20 bits per heavy atom. The van der Waals surface area contributed by atoms with Gasteiger partial charge in [-0.25, -0.2) is 13.6 Å². The predicted molar refractivity (Wildman–Crippen MR) is 84.8 cm³/mol. The van der Waals surface area contributed by atoms with Crippen LogP contribution in [0.4, 0.5) is 13.6 Å². The number of nitrogens with one attached hydrogen (secondary N) is 2. The van der Waals surface area contributed by atoms with E-state index in [1.807, 2.05) is 0 Å². The Kier molecular flexibility index (Phi) is 4.22. The molecule has 2 heterocycles. The van der Waals surface area contributed by atoms with Crippen molar-refractivity contribution in [3.63, 3.8) is 0 Å². The van der Waals surface area contributed by atoms with Gasteiger partial charge in [0, 0.05) is 24.7 Å². The Balaban J connectivity index is 1.75. The van der Waals surface area contributed by atoms with E-state index in [1.54, 1.807) is 0 Å². The van der Waals surface area contributed by atoms with Gasteiger partial charge in [-0.1, -0.05) is 0 Å². The number of likely N-dealkylation sites (tertiary alicyclic amines) is 1. The Bertz CT molecular complexity index is 906. The Morgan fingerprint density at radius 2 is 1.92 bits per heavy atom. The van der Waals surface area contributed by atoms with Crippen molar-refractivity contribution in [2.75, 3.05) is 13.1 Å². The van der Waals surface area contributed by atoms with Gasteiger partial charge in [0.1, 0.15) is 17.2 Å². The number of urea groups is 1. The highest BCUT2D eigenvalue weighted by molar-refractivity contribution is 5.94. The minimum absolute atomic E-state index is 0.0153. The van der Waals surface area contributed by atoms with Crippen LogP contribution in [-0.4, -0.2) is 41.0 Å². The van der Waals surface area contributed by atoms with Gasteiger partial charge in [-0.2, -0.15) is 0 Å². The molecule has 0 aliphatic carbocycles. The van der Waals surface area contributed by atoms with Crippen LogP contribution < -0.4 is 16.6 Å². The van der Waals surface area contributed by atoms with Crippen LogP contribution in [0.25, 0.3) is 11.3 Å². The van der Waals surface area contributed by atoms with Gasteiger partial charge >= 0.3 is 6.03 Å². The van der Waals surface area contributed by atoms with Crippen LogP contribution in [0.1, 0.15) is 10.4 Å². The molecule has 25 heavy (non-hydrogen) atoms. The molecular weight excluding hydrogens is 334 g/mol. The molecule has 0 atom stereocenters. The molecule has 4 N–H and O–H groups in total. The second-order valence-corrected chi connectivity index (χ2v) is 5.65. The van der Waals surface area contributed by atoms with Crippen LogP contribution >= 0.6 is 0 Å². The van der Waals surface area contributed by atoms with E-state index >= 15 is 0 Å². The van der Waals surface area contributed by atoms with Crippen molar-refractivity contribution >= 4 is 11.9 Å². The smallest absolute Gasteiger partial charge is 0.314 e. The van der Waals surface area contributed by atoms with Gasteiger partial charge in [0.2, 0.25) is 0 Å². The molecule has 9 heteroatoms. The number of carbonyl (C=O) groups excluding carboxylic acids is 2. The average molecular weight is 348 g/mol. The largest absolute Gasteiger partial charge is 0.351 e. The molecule has 0 saturated carbocycles. The molecule has 3 rings (SSSR count). The first-order valence-corrected chi connectivity index (χ1v) is 7.39. The highest BCUT2D eigenvalue weighted by Gasteiger charge is 2.31. The van der Waals surface area contributed by atoms with Gasteiger partial charge in [0.25, 0.3) is 11.5 Å². The van der Waals surface area contributed by atoms with E-state index in [9.17, 15) is 23.2 Å². The second-order valence-electron chi connectivity index (χ2n) is 5.65. The summed E-state index contributed by atoms with van der Waals surface area (Å²) in [4.78, 5) is 38.8. The van der Waals surface area contributed by atoms with Crippen LogP contribution in [0.5, 0.6) is 0 Å². The Hall–Kier alpha value is -3.23. The van der Waals surface area contributed by atoms with Crippen molar-refractivity contribution in [1.29, 1.82) is 0 Å². The zero-order valence-corrected chi connectivity index (χ0v) is 12.9. The lowest BCUT2D eigenvalue weighted by molar-refractivity contribution is 0.0859. The molecular formula is C16H14F2N4O3. The number of aromatic amines is 1. The van der Waals surface area contributed by atoms with E-state index in [-0.39, 0.29) is 36.0 Å². The highest BCUT2D eigenvalue weighted by atomic mass is 19.1. The number of rotatable bonds is 3. The van der Waals surface area contributed by atoms with E-state index in [4.69, 9.17) is 5.73 Å². The van der Waals surface area contributed by atoms with Gasteiger partial charge in [-0.3, -0.25) is 9.59 Å². The monoisotopic (exact) mass is 348 g/mol. The van der Waals surface area contributed by atoms with Gasteiger partial charge in [0.05, 0.1) is 11.7 Å². The van der Waals surface area contributed by atoms with Crippen molar-refractivity contribution in [2.45, 2.75) is 6.04 Å². The number of amides is 3. The number of nitrogens with zero attached hydrogens (tertiary/aromatic N) is 1. The number of H-pyrrole nitrogens is 1. The van der Waals surface area contributed by atoms with E-state index in [0.717, 1.165) is 6.07 Å². The number of nitrogens with two attached hydrogens (primary N) is 1. The van der Waals surface area contributed by atoms with Crippen molar-refractivity contribution in [2.24, 2.45) is 5.73 Å². The lowest BCUT2D eigenvalue weighted by Crippen LogP contribution is -2.62. The summed E-state index contributed by atoms with van der Waals surface area (Å²) in [5.41, 5.74) is 4.37. The number of carbonyl (C=O) groups is 2. The molecule has 0 unspecified atom stereocenters. The zero-order chi connectivity index (χ0) is 18.1. The summed E-state index contributed by atoms with van der Waals surface area (Å²) in [5.74, 6) is -2.17. The van der Waals surface area contributed by atoms with Crippen LogP contribution in [0.2, 0.25) is 0 Å². The minimum atomic E-state index is -0.825. The molecule has 0 spiro atoms. The Morgan fingerprint density at radius 3 is 2.52 bits per heavy atom. The maximum absolute atomic E-state index is 13.8. The molecule has 1 aromatic carbocycles. The van der Waals surface area contributed by atoms with Gasteiger partial charge < -0.3 is 20.9 Å². The zero-order valence-electron chi connectivity index (χ0n) is 12.9. The molecule has 1 saturated heterocycles. The molecule has 2 aromatic rings. The molecule has 0 bridgehead atoms. The third-order valence-corrected chi connectivity index (χ3v) is 3.90. The lowest BCUT2D eigenvalue weighted by Gasteiger charge is -2.38. The summed E-state index contributed by atoms with van der Waals surface area (Å²) < 4.78 is 26.7. The highest BCUT2D eigenvalue weighted by Crippen LogP contribution is 2.20. The van der Waals surface area contributed by atoms with Gasteiger partial charge in [-0.05, 0) is 24.3 Å². The first-order valence-electron chi connectivity index (χ1n) is 7.39. The topological polar surface area (TPSA) is 108 Å². The van der Waals surface area contributed by atoms with Crippen LogP contribution in [0, 0.1) is 11.6 Å². The van der Waals surface area contributed by atoms with E-state index in [0.29, 0.717) is 6.07 Å². The molecule has 3 amide bonds. The van der Waals surface area contributed by atoms with Crippen LogP contribution in [-0.2, 0) is 0 Å². The summed E-state index contributed by atoms with van der Waals surface area (Å²) in [6, 6.07) is 4.73. The summed E-state index contributed by atoms with van der Waals surface area (Å²) in [6.07, 6.45) is 0. The summed E-state index contributed by atoms with van der Waals surface area (Å²) in [5, 5.41) is 2.60. The number of pyridine rings is 1. The quantitative estimate of drug-likeness (QED) is 0.764. The summed E-state index contributed by atoms with van der Waals surface area (Å²) >= 11 is 0. The Labute approximate surface area is 140 Å². The second kappa shape index (κ2) is 6.34. The fourth-order valence-electron chi connectivity index (χ4n) is 2.53. The number of hydrogen-bond donors (Lipinski definition) is 3. The van der Waals surface area contributed by atoms with Crippen molar-refractivity contribution in [3.05, 3.63) is 57.9 Å². The van der Waals surface area contributed by atoms with Crippen LogP contribution in [0.15, 0.2) is 35.1 Å². The number of primary amides is 1. The molecule has 0 radical (unpaired) electrons. The van der Waals surface area contributed by atoms with Gasteiger partial charge in [-0.15, -0.1) is 0 Å². The molecule has 130 valence electrons. The van der Waals surface area contributed by atoms with Crippen molar-refractivity contribution < 1.29 is 18.4 Å². The number of benzene rings is 1. The predicted octanol–water partition coefficient (Wildman–Crippen LogP) is 0.813. The van der Waals surface area contributed by atoms with E-state index in [2.05, 4.69) is 10.3 Å². The number of halogens is 2. The summed E-state index contributed by atoms with van der Waals surface area (Å²) in [7, 11) is 0. The van der Waals surface area contributed by atoms with Crippen molar-refractivity contribution in [3.8, 4) is 11.3 Å². The normalized spacial score (nSPS) is 14.1. The van der Waals surface area contributed by atoms with Crippen molar-refractivity contribution in [1.82, 2.24) is 15.2 Å². The first-order chi connectivity index (χ1) is 11.8. The minimum Gasteiger partial charge on any atom is -0.351 e. The van der Waals surface area contributed by atoms with Crippen LogP contribution in [0.3, 0.4) is 0 Å². The number of hydrogen-bond acceptors (Lipinski definition) is 3. The third-order valence-electron chi connectivity index (χ3n) is 3.90. The molecule has 1 aliphatic heterocycles. The lowest BCUT2D eigenvalue weighted by atomic mass is 10.1. The SMILES string of the molecule is NC(=O)N1CC(NC(=O)c2ccc(-c3ccc(F)cc3F)[nH]c2=O)C1. The van der Waals surface area contributed by atoms with E-state index < -0.39 is 29.1 Å². The summed E-state index contributed by atoms with van der Waals surface area (Å²) in [6.45, 7) is 0.551. The first kappa shape index (κ1) is 16.6. The molecule has 1 aromatic heterocycles. The van der Waals surface area contributed by atoms with Gasteiger partial charge in [0.15, 0.2) is 0 Å². The fourth-order valence-corrected chi connectivity index (χ4v) is 2.53. The average Bonchev–Trinajstić information content (AvgIpc) is 2.49. The fraction of sp³-hybridized carbons (Fsp3) is 0.188. The van der Waals surface area contributed by atoms with E-state index in [1.165, 1.54) is 23.1 Å². The third kappa shape index (κ3) is 3.35. The standard InChI is InChI=1S/C16H14F2N4O3/c17-8-1-2-10(12(18)5-8)13-4-3-11(15(24)21-13)14(23)20-9-6-22(7-9)16(19)25/h1-5,9H,6-7H2,(H2,19,25)(H,20,23)(H,21,24). The molecule has 1 aliphatic rings.